The van der Waals surface area contributed by atoms with Crippen molar-refractivity contribution >= 4 is 29.5 Å². The van der Waals surface area contributed by atoms with Gasteiger partial charge >= 0.3 is 0 Å². The molecule has 0 saturated heterocycles. The Morgan fingerprint density at radius 3 is 2.20 bits per heavy atom. The minimum atomic E-state index is -0.348. The number of aldehydes is 1. The molecule has 0 unspecified atom stereocenters. The lowest BCUT2D eigenvalue weighted by molar-refractivity contribution is -0.119. The van der Waals surface area contributed by atoms with E-state index in [1.165, 1.54) is 0 Å². The summed E-state index contributed by atoms with van der Waals surface area (Å²) < 4.78 is 5.36. The minimum absolute atomic E-state index is 0.0703. The Morgan fingerprint density at radius 1 is 1.00 bits per heavy atom. The Bertz CT molecular complexity index is 754. The van der Waals surface area contributed by atoms with Gasteiger partial charge in [-0.15, -0.1) is 0 Å². The standard InChI is InChI=1S/C19H20N2O4/c1-13(2)19(24)21-16-9-7-15(8-10-16)20-18(23)12-25-17-6-4-3-5-14(17)11-22/h3-11,13H,12H2,1-2H3,(H,20,23)(H,21,24). The van der Waals surface area contributed by atoms with Gasteiger partial charge in [-0.1, -0.05) is 26.0 Å². The average molecular weight is 340 g/mol. The number of para-hydroxylation sites is 1. The Morgan fingerprint density at radius 2 is 1.60 bits per heavy atom. The van der Waals surface area contributed by atoms with Crippen LogP contribution in [0, 0.1) is 5.92 Å². The van der Waals surface area contributed by atoms with Crippen LogP contribution >= 0.6 is 0 Å². The van der Waals surface area contributed by atoms with Crippen LogP contribution in [0.5, 0.6) is 5.75 Å². The number of rotatable bonds is 7. The van der Waals surface area contributed by atoms with Crippen LogP contribution in [0.25, 0.3) is 0 Å². The monoisotopic (exact) mass is 340 g/mol. The molecule has 2 rings (SSSR count). The first-order valence-electron chi connectivity index (χ1n) is 7.87. The number of ether oxygens (including phenoxy) is 1. The van der Waals surface area contributed by atoms with Crippen molar-refractivity contribution in [2.75, 3.05) is 17.2 Å². The van der Waals surface area contributed by atoms with E-state index in [2.05, 4.69) is 10.6 Å². The average Bonchev–Trinajstić information content (AvgIpc) is 2.61. The second-order valence-corrected chi connectivity index (χ2v) is 5.71. The van der Waals surface area contributed by atoms with E-state index >= 15 is 0 Å². The highest BCUT2D eigenvalue weighted by molar-refractivity contribution is 5.94. The van der Waals surface area contributed by atoms with E-state index in [9.17, 15) is 14.4 Å². The molecule has 2 N–H and O–H groups in total. The lowest BCUT2D eigenvalue weighted by Gasteiger charge is -2.10. The van der Waals surface area contributed by atoms with Gasteiger partial charge in [0.2, 0.25) is 5.91 Å². The number of hydrogen-bond donors (Lipinski definition) is 2. The molecule has 2 aromatic rings. The lowest BCUT2D eigenvalue weighted by atomic mass is 10.2. The Labute approximate surface area is 146 Å². The third-order valence-corrected chi connectivity index (χ3v) is 3.37. The number of nitrogens with one attached hydrogen (secondary N) is 2. The van der Waals surface area contributed by atoms with Crippen LogP contribution in [-0.4, -0.2) is 24.7 Å². The van der Waals surface area contributed by atoms with Crippen molar-refractivity contribution in [2.45, 2.75) is 13.8 Å². The van der Waals surface area contributed by atoms with Crippen molar-refractivity contribution in [3.05, 3.63) is 54.1 Å². The van der Waals surface area contributed by atoms with E-state index in [4.69, 9.17) is 4.74 Å². The first-order valence-corrected chi connectivity index (χ1v) is 7.87. The number of benzene rings is 2. The number of carbonyl (C=O) groups is 3. The van der Waals surface area contributed by atoms with Crippen LogP contribution in [-0.2, 0) is 9.59 Å². The molecule has 0 aromatic heterocycles. The maximum absolute atomic E-state index is 11.9. The number of amides is 2. The number of hydrogen-bond acceptors (Lipinski definition) is 4. The van der Waals surface area contributed by atoms with Gasteiger partial charge in [0.25, 0.3) is 5.91 Å². The molecule has 2 aromatic carbocycles. The highest BCUT2D eigenvalue weighted by atomic mass is 16.5. The van der Waals surface area contributed by atoms with Gasteiger partial charge in [0.05, 0.1) is 5.56 Å². The summed E-state index contributed by atoms with van der Waals surface area (Å²) in [5, 5.41) is 5.46. The number of carbonyl (C=O) groups excluding carboxylic acids is 3. The summed E-state index contributed by atoms with van der Waals surface area (Å²) in [6.07, 6.45) is 0.678. The molecule has 6 nitrogen and oxygen atoms in total. The lowest BCUT2D eigenvalue weighted by Crippen LogP contribution is -2.20. The summed E-state index contributed by atoms with van der Waals surface area (Å²) >= 11 is 0. The molecule has 130 valence electrons. The highest BCUT2D eigenvalue weighted by Gasteiger charge is 2.08. The molecule has 25 heavy (non-hydrogen) atoms. The summed E-state index contributed by atoms with van der Waals surface area (Å²) in [6.45, 7) is 3.41. The zero-order valence-electron chi connectivity index (χ0n) is 14.1. The van der Waals surface area contributed by atoms with Crippen molar-refractivity contribution in [3.63, 3.8) is 0 Å². The van der Waals surface area contributed by atoms with Crippen LogP contribution in [0.3, 0.4) is 0 Å². The second kappa shape index (κ2) is 8.63. The molecule has 0 fully saturated rings. The van der Waals surface area contributed by atoms with Crippen molar-refractivity contribution in [2.24, 2.45) is 5.92 Å². The molecule has 0 saturated carbocycles. The molecule has 0 aliphatic rings. The van der Waals surface area contributed by atoms with Crippen molar-refractivity contribution in [1.82, 2.24) is 0 Å². The maximum atomic E-state index is 11.9. The smallest absolute Gasteiger partial charge is 0.262 e. The van der Waals surface area contributed by atoms with E-state index < -0.39 is 0 Å². The van der Waals surface area contributed by atoms with Crippen LogP contribution in [0.15, 0.2) is 48.5 Å². The minimum Gasteiger partial charge on any atom is -0.483 e. The van der Waals surface area contributed by atoms with Gasteiger partial charge in [0.1, 0.15) is 5.75 Å². The fourth-order valence-electron chi connectivity index (χ4n) is 1.97. The Hall–Kier alpha value is -3.15. The number of anilines is 2. The van der Waals surface area contributed by atoms with Crippen LogP contribution in [0.4, 0.5) is 11.4 Å². The fraction of sp³-hybridized carbons (Fsp3) is 0.211. The van der Waals surface area contributed by atoms with Crippen molar-refractivity contribution < 1.29 is 19.1 Å². The zero-order chi connectivity index (χ0) is 18.2. The van der Waals surface area contributed by atoms with Crippen LogP contribution in [0.1, 0.15) is 24.2 Å². The highest BCUT2D eigenvalue weighted by Crippen LogP contribution is 2.17. The molecule has 0 radical (unpaired) electrons. The largest absolute Gasteiger partial charge is 0.483 e. The predicted molar refractivity (Wildman–Crippen MR) is 95.9 cm³/mol. The van der Waals surface area contributed by atoms with Gasteiger partial charge in [-0.05, 0) is 36.4 Å². The summed E-state index contributed by atoms with van der Waals surface area (Å²) in [6, 6.07) is 13.5. The second-order valence-electron chi connectivity index (χ2n) is 5.71. The van der Waals surface area contributed by atoms with Crippen LogP contribution < -0.4 is 15.4 Å². The summed E-state index contributed by atoms with van der Waals surface area (Å²) in [7, 11) is 0. The maximum Gasteiger partial charge on any atom is 0.262 e. The third-order valence-electron chi connectivity index (χ3n) is 3.37. The molecular formula is C19H20N2O4. The zero-order valence-corrected chi connectivity index (χ0v) is 14.1. The normalized spacial score (nSPS) is 10.2. The van der Waals surface area contributed by atoms with E-state index in [0.29, 0.717) is 29.0 Å². The summed E-state index contributed by atoms with van der Waals surface area (Å²) in [5.41, 5.74) is 1.63. The molecule has 0 aliphatic carbocycles. The Balaban J connectivity index is 1.88. The van der Waals surface area contributed by atoms with Gasteiger partial charge < -0.3 is 15.4 Å². The first kappa shape index (κ1) is 18.2. The molecule has 0 heterocycles. The van der Waals surface area contributed by atoms with Gasteiger partial charge in [-0.3, -0.25) is 14.4 Å². The topological polar surface area (TPSA) is 84.5 Å². The quantitative estimate of drug-likeness (QED) is 0.759. The van der Waals surface area contributed by atoms with Gasteiger partial charge in [-0.2, -0.15) is 0 Å². The van der Waals surface area contributed by atoms with Crippen molar-refractivity contribution in [1.29, 1.82) is 0 Å². The van der Waals surface area contributed by atoms with Crippen molar-refractivity contribution in [3.8, 4) is 5.75 Å². The van der Waals surface area contributed by atoms with Gasteiger partial charge in [-0.25, -0.2) is 0 Å². The molecule has 0 atom stereocenters. The van der Waals surface area contributed by atoms with Crippen LogP contribution in [0.2, 0.25) is 0 Å². The van der Waals surface area contributed by atoms with Gasteiger partial charge in [0, 0.05) is 17.3 Å². The molecule has 0 spiro atoms. The first-order chi connectivity index (χ1) is 12.0. The predicted octanol–water partition coefficient (Wildman–Crippen LogP) is 3.11. The third kappa shape index (κ3) is 5.46. The fourth-order valence-corrected chi connectivity index (χ4v) is 1.97. The molecule has 6 heteroatoms. The van der Waals surface area contributed by atoms with E-state index in [0.717, 1.165) is 0 Å². The van der Waals surface area contributed by atoms with E-state index in [1.807, 2.05) is 13.8 Å². The van der Waals surface area contributed by atoms with E-state index in [1.54, 1.807) is 48.5 Å². The summed E-state index contributed by atoms with van der Waals surface area (Å²) in [5.74, 6) is -0.163. The van der Waals surface area contributed by atoms with E-state index in [-0.39, 0.29) is 24.3 Å². The molecule has 0 bridgehead atoms. The molecule has 0 aliphatic heterocycles. The molecular weight excluding hydrogens is 320 g/mol. The molecule has 2 amide bonds. The SMILES string of the molecule is CC(C)C(=O)Nc1ccc(NC(=O)COc2ccccc2C=O)cc1. The summed E-state index contributed by atoms with van der Waals surface area (Å²) in [4.78, 5) is 34.5. The van der Waals surface area contributed by atoms with Gasteiger partial charge in [0.15, 0.2) is 12.9 Å². The Kier molecular flexibility index (Phi) is 6.28.